The summed E-state index contributed by atoms with van der Waals surface area (Å²) in [5.41, 5.74) is 1.11. The lowest BCUT2D eigenvalue weighted by Crippen LogP contribution is -2.36. The van der Waals surface area contributed by atoms with Crippen LogP contribution in [0.3, 0.4) is 0 Å². The van der Waals surface area contributed by atoms with E-state index < -0.39 is 16.0 Å². The van der Waals surface area contributed by atoms with E-state index >= 15 is 0 Å². The van der Waals surface area contributed by atoms with Gasteiger partial charge in [0.1, 0.15) is 5.75 Å². The van der Waals surface area contributed by atoms with Gasteiger partial charge in [-0.3, -0.25) is 4.68 Å². The fourth-order valence-corrected chi connectivity index (χ4v) is 4.25. The number of fused-ring (bicyclic) bond motifs is 1. The van der Waals surface area contributed by atoms with Crippen LogP contribution in [-0.4, -0.2) is 47.2 Å². The Morgan fingerprint density at radius 1 is 1.29 bits per heavy atom. The molecule has 24 heavy (non-hydrogen) atoms. The van der Waals surface area contributed by atoms with Gasteiger partial charge in [0.25, 0.3) is 0 Å². The standard InChI is InChI=1S/C15H17N3O5S/c1-17-14(15(19)20)12-9-18(8-7-13(12)16-17)24(21,22)11-5-3-10(23-2)4-6-11/h3-6H,7-9H2,1-2H3,(H,19,20). The number of rotatable bonds is 4. The molecule has 2 aromatic rings. The van der Waals surface area contributed by atoms with Crippen LogP contribution in [0.5, 0.6) is 5.75 Å². The summed E-state index contributed by atoms with van der Waals surface area (Å²) in [6.07, 6.45) is 0.381. The van der Waals surface area contributed by atoms with E-state index in [4.69, 9.17) is 4.74 Å². The topological polar surface area (TPSA) is 102 Å². The predicted octanol–water partition coefficient (Wildman–Crippen LogP) is 0.874. The van der Waals surface area contributed by atoms with Gasteiger partial charge in [0.15, 0.2) is 5.69 Å². The van der Waals surface area contributed by atoms with Crippen molar-refractivity contribution in [2.45, 2.75) is 17.9 Å². The highest BCUT2D eigenvalue weighted by Gasteiger charge is 2.33. The van der Waals surface area contributed by atoms with Crippen molar-refractivity contribution in [1.29, 1.82) is 0 Å². The van der Waals surface area contributed by atoms with E-state index in [1.165, 1.54) is 28.2 Å². The second kappa shape index (κ2) is 5.91. The predicted molar refractivity (Wildman–Crippen MR) is 84.5 cm³/mol. The molecule has 1 aliphatic rings. The van der Waals surface area contributed by atoms with Crippen LogP contribution in [0.15, 0.2) is 29.2 Å². The number of methoxy groups -OCH3 is 1. The third-order valence-corrected chi connectivity index (χ3v) is 5.92. The van der Waals surface area contributed by atoms with Crippen molar-refractivity contribution in [2.75, 3.05) is 13.7 Å². The van der Waals surface area contributed by atoms with Crippen molar-refractivity contribution in [3.63, 3.8) is 0 Å². The Hall–Kier alpha value is -2.39. The molecule has 3 rings (SSSR count). The smallest absolute Gasteiger partial charge is 0.354 e. The molecule has 1 aromatic heterocycles. The summed E-state index contributed by atoms with van der Waals surface area (Å²) in [6, 6.07) is 6.11. The first-order valence-corrected chi connectivity index (χ1v) is 8.71. The van der Waals surface area contributed by atoms with Gasteiger partial charge >= 0.3 is 5.97 Å². The minimum atomic E-state index is -3.72. The maximum absolute atomic E-state index is 12.8. The van der Waals surface area contributed by atoms with Gasteiger partial charge in [0.05, 0.1) is 17.7 Å². The lowest BCUT2D eigenvalue weighted by Gasteiger charge is -2.26. The first kappa shape index (κ1) is 16.5. The lowest BCUT2D eigenvalue weighted by atomic mass is 10.1. The van der Waals surface area contributed by atoms with E-state index in [-0.39, 0.29) is 23.7 Å². The number of nitrogens with zero attached hydrogens (tertiary/aromatic N) is 3. The van der Waals surface area contributed by atoms with Gasteiger partial charge in [0.2, 0.25) is 10.0 Å². The molecule has 9 heteroatoms. The average Bonchev–Trinajstić information content (AvgIpc) is 2.89. The molecule has 1 aliphatic heterocycles. The number of carbonyl (C=O) groups is 1. The van der Waals surface area contributed by atoms with Crippen molar-refractivity contribution in [1.82, 2.24) is 14.1 Å². The molecule has 0 fully saturated rings. The average molecular weight is 351 g/mol. The van der Waals surface area contributed by atoms with Crippen molar-refractivity contribution >= 4 is 16.0 Å². The summed E-state index contributed by atoms with van der Waals surface area (Å²) in [7, 11) is -0.664. The second-order valence-corrected chi connectivity index (χ2v) is 7.40. The van der Waals surface area contributed by atoms with Crippen LogP contribution >= 0.6 is 0 Å². The summed E-state index contributed by atoms with van der Waals surface area (Å²) in [6.45, 7) is 0.261. The molecular weight excluding hydrogens is 334 g/mol. The molecule has 0 aliphatic carbocycles. The molecule has 0 amide bonds. The number of aromatic carboxylic acids is 1. The summed E-state index contributed by atoms with van der Waals surface area (Å²) in [4.78, 5) is 11.6. The molecule has 0 unspecified atom stereocenters. The van der Waals surface area contributed by atoms with Crippen LogP contribution < -0.4 is 4.74 Å². The van der Waals surface area contributed by atoms with Crippen molar-refractivity contribution in [2.24, 2.45) is 7.05 Å². The van der Waals surface area contributed by atoms with E-state index in [0.29, 0.717) is 23.4 Å². The highest BCUT2D eigenvalue weighted by Crippen LogP contribution is 2.27. The minimum Gasteiger partial charge on any atom is -0.497 e. The quantitative estimate of drug-likeness (QED) is 0.877. The number of carboxylic acids is 1. The fraction of sp³-hybridized carbons (Fsp3) is 0.333. The zero-order chi connectivity index (χ0) is 17.5. The second-order valence-electron chi connectivity index (χ2n) is 5.47. The third-order valence-electron chi connectivity index (χ3n) is 4.06. The number of carboxylic acid groups (broad SMARTS) is 1. The normalized spacial score (nSPS) is 15.1. The van der Waals surface area contributed by atoms with Crippen LogP contribution in [-0.2, 0) is 30.0 Å². The van der Waals surface area contributed by atoms with Gasteiger partial charge in [-0.05, 0) is 24.3 Å². The highest BCUT2D eigenvalue weighted by molar-refractivity contribution is 7.89. The molecule has 0 bridgehead atoms. The number of aromatic nitrogens is 2. The van der Waals surface area contributed by atoms with Gasteiger partial charge in [0, 0.05) is 32.1 Å². The Kier molecular flexibility index (Phi) is 4.06. The lowest BCUT2D eigenvalue weighted by molar-refractivity contribution is 0.0683. The maximum Gasteiger partial charge on any atom is 0.354 e. The van der Waals surface area contributed by atoms with E-state index in [0.717, 1.165) is 0 Å². The Balaban J connectivity index is 1.95. The highest BCUT2D eigenvalue weighted by atomic mass is 32.2. The number of aryl methyl sites for hydroxylation is 1. The number of benzene rings is 1. The fourth-order valence-electron chi connectivity index (χ4n) is 2.85. The van der Waals surface area contributed by atoms with Crippen molar-refractivity contribution in [3.8, 4) is 5.75 Å². The molecule has 1 aromatic carbocycles. The Morgan fingerprint density at radius 3 is 2.54 bits per heavy atom. The zero-order valence-corrected chi connectivity index (χ0v) is 14.1. The van der Waals surface area contributed by atoms with E-state index in [1.54, 1.807) is 19.2 Å². The molecular formula is C15H17N3O5S. The van der Waals surface area contributed by atoms with E-state index in [2.05, 4.69) is 5.10 Å². The van der Waals surface area contributed by atoms with Crippen LogP contribution in [0.25, 0.3) is 0 Å². The minimum absolute atomic E-state index is 0.000824. The molecule has 0 spiro atoms. The van der Waals surface area contributed by atoms with Crippen molar-refractivity contribution < 1.29 is 23.1 Å². The van der Waals surface area contributed by atoms with Crippen LogP contribution in [0.4, 0.5) is 0 Å². The Morgan fingerprint density at radius 2 is 1.96 bits per heavy atom. The van der Waals surface area contributed by atoms with Gasteiger partial charge in [-0.15, -0.1) is 0 Å². The molecule has 0 saturated heterocycles. The van der Waals surface area contributed by atoms with Gasteiger partial charge in [-0.2, -0.15) is 9.40 Å². The molecule has 1 N–H and O–H groups in total. The third kappa shape index (κ3) is 2.65. The van der Waals surface area contributed by atoms with Crippen LogP contribution in [0, 0.1) is 0 Å². The summed E-state index contributed by atoms with van der Waals surface area (Å²) < 4.78 is 33.2. The molecule has 2 heterocycles. The number of hydrogen-bond acceptors (Lipinski definition) is 5. The molecule has 0 atom stereocenters. The van der Waals surface area contributed by atoms with E-state index in [9.17, 15) is 18.3 Å². The first-order valence-electron chi connectivity index (χ1n) is 7.27. The number of ether oxygens (including phenoxy) is 1. The first-order chi connectivity index (χ1) is 11.3. The van der Waals surface area contributed by atoms with Crippen molar-refractivity contribution in [3.05, 3.63) is 41.2 Å². The Bertz CT molecular complexity index is 887. The zero-order valence-electron chi connectivity index (χ0n) is 13.3. The maximum atomic E-state index is 12.8. The Labute approximate surface area is 139 Å². The van der Waals surface area contributed by atoms with E-state index in [1.807, 2.05) is 0 Å². The SMILES string of the molecule is COc1ccc(S(=O)(=O)N2CCc3nn(C)c(C(=O)O)c3C2)cc1. The monoisotopic (exact) mass is 351 g/mol. The van der Waals surface area contributed by atoms with Crippen LogP contribution in [0.1, 0.15) is 21.7 Å². The van der Waals surface area contributed by atoms with Gasteiger partial charge in [-0.1, -0.05) is 0 Å². The number of hydrogen-bond donors (Lipinski definition) is 1. The summed E-state index contributed by atoms with van der Waals surface area (Å²) in [5.74, 6) is -0.551. The number of sulfonamides is 1. The molecule has 128 valence electrons. The summed E-state index contributed by atoms with van der Waals surface area (Å²) in [5, 5.41) is 13.5. The van der Waals surface area contributed by atoms with Gasteiger partial charge < -0.3 is 9.84 Å². The molecule has 8 nitrogen and oxygen atoms in total. The molecule has 0 saturated carbocycles. The summed E-state index contributed by atoms with van der Waals surface area (Å²) >= 11 is 0. The van der Waals surface area contributed by atoms with Gasteiger partial charge in [-0.25, -0.2) is 13.2 Å². The molecule has 0 radical (unpaired) electrons. The largest absolute Gasteiger partial charge is 0.497 e. The van der Waals surface area contributed by atoms with Crippen LogP contribution in [0.2, 0.25) is 0 Å².